The van der Waals surface area contributed by atoms with Crippen molar-refractivity contribution < 1.29 is 9.59 Å². The minimum Gasteiger partial charge on any atom is -0.325 e. The summed E-state index contributed by atoms with van der Waals surface area (Å²) in [6.07, 6.45) is 1.05. The van der Waals surface area contributed by atoms with Gasteiger partial charge in [0.05, 0.1) is 10.0 Å². The first-order valence-electron chi connectivity index (χ1n) is 8.50. The minimum atomic E-state index is -1.02. The second-order valence-electron chi connectivity index (χ2n) is 6.90. The van der Waals surface area contributed by atoms with E-state index < -0.39 is 5.41 Å². The maximum Gasteiger partial charge on any atom is 0.240 e. The average molecular weight is 391 g/mol. The summed E-state index contributed by atoms with van der Waals surface area (Å²) < 4.78 is 0. The highest BCUT2D eigenvalue weighted by molar-refractivity contribution is 6.42. The van der Waals surface area contributed by atoms with E-state index in [9.17, 15) is 9.59 Å². The molecule has 0 aromatic heterocycles. The van der Waals surface area contributed by atoms with E-state index >= 15 is 0 Å². The molecular formula is C20H20Cl2N2O2. The van der Waals surface area contributed by atoms with Crippen LogP contribution >= 0.6 is 23.2 Å². The highest BCUT2D eigenvalue weighted by Crippen LogP contribution is 2.47. The van der Waals surface area contributed by atoms with Gasteiger partial charge in [-0.2, -0.15) is 0 Å². The van der Waals surface area contributed by atoms with Crippen molar-refractivity contribution in [1.29, 1.82) is 0 Å². The molecule has 0 atom stereocenters. The molecule has 0 saturated heterocycles. The fourth-order valence-corrected chi connectivity index (χ4v) is 3.01. The highest BCUT2D eigenvalue weighted by Gasteiger charge is 2.56. The summed E-state index contributed by atoms with van der Waals surface area (Å²) in [6.45, 7) is 4.22. The van der Waals surface area contributed by atoms with Crippen LogP contribution in [0.15, 0.2) is 42.5 Å². The molecule has 2 aromatic carbocycles. The van der Waals surface area contributed by atoms with Gasteiger partial charge in [0, 0.05) is 11.4 Å². The fourth-order valence-electron chi connectivity index (χ4n) is 2.71. The van der Waals surface area contributed by atoms with Crippen molar-refractivity contribution in [2.24, 2.45) is 5.41 Å². The van der Waals surface area contributed by atoms with E-state index in [0.29, 0.717) is 40.2 Å². The Labute approximate surface area is 162 Å². The van der Waals surface area contributed by atoms with Crippen LogP contribution < -0.4 is 10.6 Å². The normalized spacial score (nSPS) is 14.8. The predicted octanol–water partition coefficient (Wildman–Crippen LogP) is 5.47. The Morgan fingerprint density at radius 3 is 1.92 bits per heavy atom. The van der Waals surface area contributed by atoms with E-state index in [-0.39, 0.29) is 11.8 Å². The van der Waals surface area contributed by atoms with Crippen LogP contribution in [0.5, 0.6) is 0 Å². The van der Waals surface area contributed by atoms with Crippen LogP contribution in [-0.2, 0) is 9.59 Å². The van der Waals surface area contributed by atoms with E-state index in [1.165, 1.54) is 5.56 Å². The van der Waals surface area contributed by atoms with Crippen molar-refractivity contribution in [2.75, 3.05) is 10.6 Å². The fraction of sp³-hybridized carbons (Fsp3) is 0.300. The lowest BCUT2D eigenvalue weighted by molar-refractivity contribution is -0.131. The molecule has 0 aliphatic heterocycles. The Hall–Kier alpha value is -2.04. The molecule has 2 amide bonds. The van der Waals surface area contributed by atoms with Crippen molar-refractivity contribution in [3.63, 3.8) is 0 Å². The maximum atomic E-state index is 12.6. The molecule has 2 N–H and O–H groups in total. The number of amides is 2. The molecular weight excluding hydrogens is 371 g/mol. The molecule has 0 bridgehead atoms. The number of carbonyl (C=O) groups is 2. The van der Waals surface area contributed by atoms with Gasteiger partial charge in [-0.05, 0) is 54.7 Å². The first-order valence-corrected chi connectivity index (χ1v) is 9.25. The average Bonchev–Trinajstić information content (AvgIpc) is 3.40. The van der Waals surface area contributed by atoms with E-state index in [0.717, 1.165) is 0 Å². The van der Waals surface area contributed by atoms with Gasteiger partial charge in [0.2, 0.25) is 11.8 Å². The van der Waals surface area contributed by atoms with Crippen LogP contribution in [0.25, 0.3) is 0 Å². The van der Waals surface area contributed by atoms with Crippen molar-refractivity contribution >= 4 is 46.4 Å². The number of benzene rings is 2. The van der Waals surface area contributed by atoms with Gasteiger partial charge in [-0.15, -0.1) is 0 Å². The number of hydrogen-bond donors (Lipinski definition) is 2. The van der Waals surface area contributed by atoms with Gasteiger partial charge >= 0.3 is 0 Å². The lowest BCUT2D eigenvalue weighted by Crippen LogP contribution is -2.35. The van der Waals surface area contributed by atoms with Crippen LogP contribution in [0.3, 0.4) is 0 Å². The third kappa shape index (κ3) is 3.87. The topological polar surface area (TPSA) is 58.2 Å². The predicted molar refractivity (Wildman–Crippen MR) is 106 cm³/mol. The zero-order chi connectivity index (χ0) is 18.9. The lowest BCUT2D eigenvalue weighted by Gasteiger charge is -2.16. The number of anilines is 2. The number of hydrogen-bond acceptors (Lipinski definition) is 2. The van der Waals surface area contributed by atoms with Gasteiger partial charge in [-0.3, -0.25) is 9.59 Å². The zero-order valence-corrected chi connectivity index (χ0v) is 16.1. The Morgan fingerprint density at radius 2 is 1.42 bits per heavy atom. The summed E-state index contributed by atoms with van der Waals surface area (Å²) in [6, 6.07) is 12.5. The molecule has 26 heavy (non-hydrogen) atoms. The summed E-state index contributed by atoms with van der Waals surface area (Å²) in [7, 11) is 0. The highest BCUT2D eigenvalue weighted by atomic mass is 35.5. The number of carbonyl (C=O) groups excluding carboxylic acids is 2. The molecule has 1 fully saturated rings. The Balaban J connectivity index is 1.68. The Kier molecular flexibility index (Phi) is 5.26. The molecule has 2 aromatic rings. The third-order valence-corrected chi connectivity index (χ3v) is 5.37. The smallest absolute Gasteiger partial charge is 0.240 e. The molecule has 1 aliphatic carbocycles. The maximum absolute atomic E-state index is 12.6. The molecule has 0 heterocycles. The van der Waals surface area contributed by atoms with Crippen LogP contribution in [0.2, 0.25) is 10.0 Å². The van der Waals surface area contributed by atoms with Crippen molar-refractivity contribution in [1.82, 2.24) is 0 Å². The van der Waals surface area contributed by atoms with Crippen molar-refractivity contribution in [3.05, 3.63) is 58.1 Å². The van der Waals surface area contributed by atoms with E-state index in [1.54, 1.807) is 18.2 Å². The van der Waals surface area contributed by atoms with E-state index in [2.05, 4.69) is 24.5 Å². The second-order valence-corrected chi connectivity index (χ2v) is 7.71. The van der Waals surface area contributed by atoms with E-state index in [1.807, 2.05) is 24.3 Å². The van der Waals surface area contributed by atoms with Gasteiger partial charge in [-0.1, -0.05) is 49.2 Å². The first kappa shape index (κ1) is 18.7. The molecule has 0 unspecified atom stereocenters. The molecule has 1 aliphatic rings. The lowest BCUT2D eigenvalue weighted by atomic mass is 10.0. The SMILES string of the molecule is CC(C)c1ccc(NC(=O)C2(C(=O)Nc3ccc(Cl)c(Cl)c3)CC2)cc1. The van der Waals surface area contributed by atoms with E-state index in [4.69, 9.17) is 23.2 Å². The molecule has 6 heteroatoms. The largest absolute Gasteiger partial charge is 0.325 e. The molecule has 3 rings (SSSR count). The summed E-state index contributed by atoms with van der Waals surface area (Å²) in [5, 5.41) is 6.37. The first-order chi connectivity index (χ1) is 12.3. The Morgan fingerprint density at radius 1 is 0.885 bits per heavy atom. The molecule has 0 spiro atoms. The van der Waals surface area contributed by atoms with Gasteiger partial charge < -0.3 is 10.6 Å². The minimum absolute atomic E-state index is 0.285. The second kappa shape index (κ2) is 7.29. The molecule has 0 radical (unpaired) electrons. The monoisotopic (exact) mass is 390 g/mol. The van der Waals surface area contributed by atoms with Gasteiger partial charge in [0.1, 0.15) is 5.41 Å². The summed E-state index contributed by atoms with van der Waals surface area (Å²) in [5.41, 5.74) is 1.38. The molecule has 1 saturated carbocycles. The standard InChI is InChI=1S/C20H20Cl2N2O2/c1-12(2)13-3-5-14(6-4-13)23-18(25)20(9-10-20)19(26)24-15-7-8-16(21)17(22)11-15/h3-8,11-12H,9-10H2,1-2H3,(H,23,25)(H,24,26). The summed E-state index contributed by atoms with van der Waals surface area (Å²) in [5.74, 6) is -0.189. The molecule has 4 nitrogen and oxygen atoms in total. The zero-order valence-electron chi connectivity index (χ0n) is 14.6. The number of halogens is 2. The Bertz CT molecular complexity index is 843. The van der Waals surface area contributed by atoms with Crippen LogP contribution in [0.1, 0.15) is 38.2 Å². The van der Waals surface area contributed by atoms with Crippen LogP contribution in [0.4, 0.5) is 11.4 Å². The number of nitrogens with one attached hydrogen (secondary N) is 2. The van der Waals surface area contributed by atoms with Gasteiger partial charge in [0.15, 0.2) is 0 Å². The van der Waals surface area contributed by atoms with Gasteiger partial charge in [-0.25, -0.2) is 0 Å². The van der Waals surface area contributed by atoms with Crippen molar-refractivity contribution in [2.45, 2.75) is 32.6 Å². The van der Waals surface area contributed by atoms with Crippen molar-refractivity contribution in [3.8, 4) is 0 Å². The van der Waals surface area contributed by atoms with Crippen LogP contribution in [0, 0.1) is 5.41 Å². The van der Waals surface area contributed by atoms with Gasteiger partial charge in [0.25, 0.3) is 0 Å². The quantitative estimate of drug-likeness (QED) is 0.664. The number of rotatable bonds is 5. The summed E-state index contributed by atoms with van der Waals surface area (Å²) >= 11 is 11.9. The third-order valence-electron chi connectivity index (χ3n) is 4.63. The van der Waals surface area contributed by atoms with Crippen LogP contribution in [-0.4, -0.2) is 11.8 Å². The summed E-state index contributed by atoms with van der Waals surface area (Å²) in [4.78, 5) is 25.3. The molecule has 136 valence electrons.